The van der Waals surface area contributed by atoms with Crippen LogP contribution >= 0.6 is 0 Å². The van der Waals surface area contributed by atoms with Crippen LogP contribution in [0.4, 0.5) is 0 Å². The van der Waals surface area contributed by atoms with Crippen LogP contribution in [0.1, 0.15) is 62.3 Å². The summed E-state index contributed by atoms with van der Waals surface area (Å²) in [6.07, 6.45) is 2.33. The third kappa shape index (κ3) is 6.28. The Bertz CT molecular complexity index is 309. The molecule has 0 rings (SSSR count). The van der Waals surface area contributed by atoms with Gasteiger partial charge in [-0.2, -0.15) is 0 Å². The monoisotopic (exact) mass is 251 g/mol. The summed E-state index contributed by atoms with van der Waals surface area (Å²) >= 11 is 0. The zero-order valence-corrected chi connectivity index (χ0v) is 13.9. The Balaban J connectivity index is 4.72. The molecule has 106 valence electrons. The highest BCUT2D eigenvalue weighted by Crippen LogP contribution is 2.34. The van der Waals surface area contributed by atoms with Crippen molar-refractivity contribution in [3.63, 3.8) is 0 Å². The third-order valence-electron chi connectivity index (χ3n) is 3.39. The first-order valence-electron chi connectivity index (χ1n) is 7.00. The second-order valence-electron chi connectivity index (χ2n) is 7.65. The number of hydrogen-bond donors (Lipinski definition) is 1. The molecule has 0 spiro atoms. The van der Waals surface area contributed by atoms with E-state index in [0.717, 1.165) is 0 Å². The number of hydrogen-bond acceptors (Lipinski definition) is 1. The maximum atomic E-state index is 4.28. The molecule has 0 aliphatic heterocycles. The zero-order valence-electron chi connectivity index (χ0n) is 13.9. The first-order valence-corrected chi connectivity index (χ1v) is 7.00. The lowest BCUT2D eigenvalue weighted by Gasteiger charge is -2.31. The van der Waals surface area contributed by atoms with Crippen LogP contribution in [0, 0.1) is 17.3 Å². The molecule has 0 aliphatic carbocycles. The summed E-state index contributed by atoms with van der Waals surface area (Å²) in [4.78, 5) is 0. The highest BCUT2D eigenvalue weighted by atomic mass is 14.9. The van der Waals surface area contributed by atoms with E-state index in [2.05, 4.69) is 80.3 Å². The molecule has 0 radical (unpaired) electrons. The van der Waals surface area contributed by atoms with Crippen LogP contribution in [0.15, 0.2) is 23.9 Å². The molecule has 1 heteroatoms. The molecule has 0 amide bonds. The van der Waals surface area contributed by atoms with Gasteiger partial charge < -0.3 is 5.32 Å². The Morgan fingerprint density at radius 3 is 1.83 bits per heavy atom. The van der Waals surface area contributed by atoms with Gasteiger partial charge in [-0.25, -0.2) is 0 Å². The standard InChI is InChI=1S/C17H33N/c1-12(11-13(2)18-17(8,9)10)14(3)15(4)16(5,6)7/h11-12,14,18H,4H2,1-3,5-10H3/b13-11+. The molecule has 1 nitrogen and oxygen atoms in total. The average molecular weight is 251 g/mol. The quantitative estimate of drug-likeness (QED) is 0.681. The minimum absolute atomic E-state index is 0.130. The predicted octanol–water partition coefficient (Wildman–Crippen LogP) is 5.15. The van der Waals surface area contributed by atoms with E-state index >= 15 is 0 Å². The molecule has 0 aromatic heterocycles. The second-order valence-corrected chi connectivity index (χ2v) is 7.65. The predicted molar refractivity (Wildman–Crippen MR) is 83.6 cm³/mol. The van der Waals surface area contributed by atoms with Gasteiger partial charge in [-0.05, 0) is 44.9 Å². The highest BCUT2D eigenvalue weighted by molar-refractivity contribution is 5.13. The van der Waals surface area contributed by atoms with Gasteiger partial charge in [0.05, 0.1) is 0 Å². The van der Waals surface area contributed by atoms with E-state index in [9.17, 15) is 0 Å². The summed E-state index contributed by atoms with van der Waals surface area (Å²) in [6, 6.07) is 0. The van der Waals surface area contributed by atoms with E-state index in [1.54, 1.807) is 0 Å². The Morgan fingerprint density at radius 1 is 1.06 bits per heavy atom. The van der Waals surface area contributed by atoms with Gasteiger partial charge in [-0.3, -0.25) is 0 Å². The fourth-order valence-corrected chi connectivity index (χ4v) is 2.17. The summed E-state index contributed by atoms with van der Waals surface area (Å²) < 4.78 is 0. The SMILES string of the molecule is C=C(C(C)C(C)/C=C(\C)NC(C)(C)C)C(C)(C)C. The summed E-state index contributed by atoms with van der Waals surface area (Å²) in [5, 5.41) is 3.51. The van der Waals surface area contributed by atoms with Crippen LogP contribution in [0.25, 0.3) is 0 Å². The summed E-state index contributed by atoms with van der Waals surface area (Å²) in [5.74, 6) is 1.01. The molecule has 0 saturated carbocycles. The molecule has 2 unspecified atom stereocenters. The molecular weight excluding hydrogens is 218 g/mol. The summed E-state index contributed by atoms with van der Waals surface area (Å²) in [6.45, 7) is 24.3. The van der Waals surface area contributed by atoms with Gasteiger partial charge in [0.2, 0.25) is 0 Å². The van der Waals surface area contributed by atoms with Crippen molar-refractivity contribution in [2.24, 2.45) is 17.3 Å². The van der Waals surface area contributed by atoms with E-state index < -0.39 is 0 Å². The summed E-state index contributed by atoms with van der Waals surface area (Å²) in [5.41, 5.74) is 2.90. The van der Waals surface area contributed by atoms with Crippen molar-refractivity contribution in [2.45, 2.75) is 67.9 Å². The molecular formula is C17H33N. The molecule has 0 bridgehead atoms. The van der Waals surface area contributed by atoms with Gasteiger partial charge in [-0.15, -0.1) is 0 Å². The van der Waals surface area contributed by atoms with Gasteiger partial charge in [-0.1, -0.05) is 52.8 Å². The molecule has 0 fully saturated rings. The topological polar surface area (TPSA) is 12.0 Å². The number of rotatable bonds is 4. The maximum Gasteiger partial charge on any atom is 0.0286 e. The van der Waals surface area contributed by atoms with Crippen LogP contribution in [-0.2, 0) is 0 Å². The first-order chi connectivity index (χ1) is 7.84. The van der Waals surface area contributed by atoms with Crippen LogP contribution in [0.5, 0.6) is 0 Å². The Hall–Kier alpha value is -0.720. The Labute approximate surface area is 115 Å². The fraction of sp³-hybridized carbons (Fsp3) is 0.765. The zero-order chi connectivity index (χ0) is 14.7. The number of allylic oxidation sites excluding steroid dienone is 3. The van der Waals surface area contributed by atoms with Crippen molar-refractivity contribution in [2.75, 3.05) is 0 Å². The van der Waals surface area contributed by atoms with Crippen LogP contribution in [0.2, 0.25) is 0 Å². The molecule has 0 aliphatic rings. The van der Waals surface area contributed by atoms with Gasteiger partial charge >= 0.3 is 0 Å². The minimum atomic E-state index is 0.130. The third-order valence-corrected chi connectivity index (χ3v) is 3.39. The largest absolute Gasteiger partial charge is 0.384 e. The first kappa shape index (κ1) is 17.3. The van der Waals surface area contributed by atoms with E-state index in [1.165, 1.54) is 11.3 Å². The number of nitrogens with one attached hydrogen (secondary N) is 1. The van der Waals surface area contributed by atoms with Crippen LogP contribution < -0.4 is 5.32 Å². The van der Waals surface area contributed by atoms with Gasteiger partial charge in [0.1, 0.15) is 0 Å². The molecule has 0 aromatic carbocycles. The van der Waals surface area contributed by atoms with Crippen LogP contribution in [-0.4, -0.2) is 5.54 Å². The molecule has 18 heavy (non-hydrogen) atoms. The van der Waals surface area contributed by atoms with Gasteiger partial charge in [0.25, 0.3) is 0 Å². The minimum Gasteiger partial charge on any atom is -0.384 e. The lowest BCUT2D eigenvalue weighted by atomic mass is 9.75. The normalized spacial score (nSPS) is 17.3. The van der Waals surface area contributed by atoms with E-state index in [1.807, 2.05) is 0 Å². The lowest BCUT2D eigenvalue weighted by molar-refractivity contribution is 0.391. The molecule has 1 N–H and O–H groups in total. The van der Waals surface area contributed by atoms with E-state index in [4.69, 9.17) is 0 Å². The molecule has 2 atom stereocenters. The molecule has 0 heterocycles. The van der Waals surface area contributed by atoms with Gasteiger partial charge in [0.15, 0.2) is 0 Å². The smallest absolute Gasteiger partial charge is 0.0286 e. The van der Waals surface area contributed by atoms with Gasteiger partial charge in [0, 0.05) is 11.2 Å². The van der Waals surface area contributed by atoms with E-state index in [-0.39, 0.29) is 11.0 Å². The molecule has 0 saturated heterocycles. The Morgan fingerprint density at radius 2 is 1.50 bits per heavy atom. The Kier molecular flexibility index (Phi) is 5.71. The van der Waals surface area contributed by atoms with Crippen molar-refractivity contribution in [1.82, 2.24) is 5.32 Å². The average Bonchev–Trinajstić information content (AvgIpc) is 2.10. The fourth-order valence-electron chi connectivity index (χ4n) is 2.17. The second kappa shape index (κ2) is 5.95. The highest BCUT2D eigenvalue weighted by Gasteiger charge is 2.23. The summed E-state index contributed by atoms with van der Waals surface area (Å²) in [7, 11) is 0. The van der Waals surface area contributed by atoms with Crippen molar-refractivity contribution in [1.29, 1.82) is 0 Å². The van der Waals surface area contributed by atoms with Crippen molar-refractivity contribution in [3.8, 4) is 0 Å². The van der Waals surface area contributed by atoms with Crippen LogP contribution in [0.3, 0.4) is 0 Å². The van der Waals surface area contributed by atoms with Crippen molar-refractivity contribution < 1.29 is 0 Å². The van der Waals surface area contributed by atoms with E-state index in [0.29, 0.717) is 11.8 Å². The van der Waals surface area contributed by atoms with Crippen molar-refractivity contribution in [3.05, 3.63) is 23.9 Å². The van der Waals surface area contributed by atoms with Crippen molar-refractivity contribution >= 4 is 0 Å². The lowest BCUT2D eigenvalue weighted by Crippen LogP contribution is -2.34. The molecule has 0 aromatic rings. The maximum absolute atomic E-state index is 4.28.